The monoisotopic (exact) mass is 491 g/mol. The maximum absolute atomic E-state index is 12.6. The van der Waals surface area contributed by atoms with Gasteiger partial charge in [0.2, 0.25) is 23.6 Å². The van der Waals surface area contributed by atoms with E-state index < -0.39 is 104 Å². The first-order valence-corrected chi connectivity index (χ1v) is 9.95. The van der Waals surface area contributed by atoms with Gasteiger partial charge in [-0.2, -0.15) is 0 Å². The summed E-state index contributed by atoms with van der Waals surface area (Å²) in [6.45, 7) is 1.11. The summed E-state index contributed by atoms with van der Waals surface area (Å²) in [7, 11) is 0. The molecule has 0 saturated carbocycles. The maximum Gasteiger partial charge on any atom is 0.326 e. The van der Waals surface area contributed by atoms with E-state index >= 15 is 0 Å². The minimum absolute atomic E-state index is 0.486. The third kappa shape index (κ3) is 11.7. The van der Waals surface area contributed by atoms with Crippen molar-refractivity contribution in [1.29, 1.82) is 0 Å². The van der Waals surface area contributed by atoms with Crippen molar-refractivity contribution in [3.05, 3.63) is 0 Å². The van der Waals surface area contributed by atoms with Crippen molar-refractivity contribution in [2.75, 3.05) is 0 Å². The topological polar surface area (TPSA) is 289 Å². The molecule has 0 aromatic heterocycles. The molecule has 0 aromatic carbocycles. The van der Waals surface area contributed by atoms with Gasteiger partial charge in [-0.1, -0.05) is 0 Å². The van der Waals surface area contributed by atoms with Crippen molar-refractivity contribution in [1.82, 2.24) is 16.0 Å². The average Bonchev–Trinajstić information content (AvgIpc) is 2.70. The first-order chi connectivity index (χ1) is 15.6. The number of carboxylic acids is 3. The van der Waals surface area contributed by atoms with E-state index in [0.717, 1.165) is 6.92 Å². The quantitative estimate of drug-likeness (QED) is 0.0993. The highest BCUT2D eigenvalue weighted by molar-refractivity contribution is 5.95. The Balaban J connectivity index is 5.52. The summed E-state index contributed by atoms with van der Waals surface area (Å²) in [6.07, 6.45) is -4.29. The van der Waals surface area contributed by atoms with E-state index in [9.17, 15) is 43.8 Å². The van der Waals surface area contributed by atoms with Crippen LogP contribution in [0.4, 0.5) is 0 Å². The van der Waals surface area contributed by atoms with Crippen LogP contribution in [0.15, 0.2) is 0 Å². The van der Waals surface area contributed by atoms with Gasteiger partial charge >= 0.3 is 17.9 Å². The zero-order valence-corrected chi connectivity index (χ0v) is 18.2. The van der Waals surface area contributed by atoms with E-state index in [4.69, 9.17) is 21.7 Å². The fourth-order valence-corrected chi connectivity index (χ4v) is 2.57. The van der Waals surface area contributed by atoms with Gasteiger partial charge in [0.1, 0.15) is 18.1 Å². The molecule has 0 aliphatic heterocycles. The smallest absolute Gasteiger partial charge is 0.326 e. The van der Waals surface area contributed by atoms with Crippen molar-refractivity contribution in [3.63, 3.8) is 0 Å². The lowest BCUT2D eigenvalue weighted by atomic mass is 10.1. The predicted molar refractivity (Wildman–Crippen MR) is 111 cm³/mol. The summed E-state index contributed by atoms with van der Waals surface area (Å²) in [6, 6.07) is -6.39. The van der Waals surface area contributed by atoms with Crippen LogP contribution in [0.3, 0.4) is 0 Å². The number of nitrogens with one attached hydrogen (secondary N) is 3. The lowest BCUT2D eigenvalue weighted by Gasteiger charge is -2.26. The van der Waals surface area contributed by atoms with Gasteiger partial charge in [0.05, 0.1) is 18.6 Å². The number of carbonyl (C=O) groups excluding carboxylic acids is 4. The van der Waals surface area contributed by atoms with E-state index in [1.807, 2.05) is 5.32 Å². The zero-order valence-electron chi connectivity index (χ0n) is 18.2. The van der Waals surface area contributed by atoms with Crippen molar-refractivity contribution in [2.24, 2.45) is 11.5 Å². The molecular formula is C18H29N5O11. The van der Waals surface area contributed by atoms with Crippen LogP contribution in [-0.4, -0.2) is 92.2 Å². The molecule has 192 valence electrons. The molecule has 34 heavy (non-hydrogen) atoms. The minimum Gasteiger partial charge on any atom is -0.481 e. The van der Waals surface area contributed by atoms with Crippen molar-refractivity contribution >= 4 is 41.5 Å². The zero-order chi connectivity index (χ0) is 26.6. The lowest BCUT2D eigenvalue weighted by molar-refractivity contribution is -0.144. The van der Waals surface area contributed by atoms with E-state index in [1.54, 1.807) is 0 Å². The molecule has 4 amide bonds. The SMILES string of the molecule is CC(O)C(NC(=O)C(N)CC(N)=O)C(=O)NC(CCC(=O)O)C(=O)NC(CCC(=O)O)C(=O)O. The van der Waals surface area contributed by atoms with Crippen LogP contribution in [0.1, 0.15) is 39.0 Å². The van der Waals surface area contributed by atoms with Crippen LogP contribution in [0.2, 0.25) is 0 Å². The number of amides is 4. The van der Waals surface area contributed by atoms with Crippen LogP contribution in [0.5, 0.6) is 0 Å². The highest BCUT2D eigenvalue weighted by Crippen LogP contribution is 2.05. The number of aliphatic carboxylic acids is 3. The van der Waals surface area contributed by atoms with Crippen molar-refractivity contribution in [2.45, 2.75) is 69.3 Å². The van der Waals surface area contributed by atoms with Gasteiger partial charge in [-0.15, -0.1) is 0 Å². The number of aliphatic hydroxyl groups excluding tert-OH is 1. The second-order valence-corrected chi connectivity index (χ2v) is 7.33. The normalized spacial score (nSPS) is 15.0. The van der Waals surface area contributed by atoms with Gasteiger partial charge in [-0.3, -0.25) is 28.8 Å². The summed E-state index contributed by atoms with van der Waals surface area (Å²) in [4.78, 5) is 81.0. The second-order valence-electron chi connectivity index (χ2n) is 7.33. The first-order valence-electron chi connectivity index (χ1n) is 9.95. The number of hydrogen-bond acceptors (Lipinski definition) is 9. The molecular weight excluding hydrogens is 462 g/mol. The highest BCUT2D eigenvalue weighted by Gasteiger charge is 2.33. The second kappa shape index (κ2) is 14.4. The Hall–Kier alpha value is -3.79. The number of rotatable bonds is 16. The molecule has 0 saturated heterocycles. The standard InChI is InChI=1S/C18H29N5O11/c1-7(24)14(23-15(30)8(19)6-11(20)25)17(32)21-9(2-4-12(26)27)16(31)22-10(18(33)34)3-5-13(28)29/h7-10,14,24H,2-6,19H2,1H3,(H2,20,25)(H,21,32)(H,22,31)(H,23,30)(H,26,27)(H,28,29)(H,33,34). The molecule has 0 radical (unpaired) electrons. The summed E-state index contributed by atoms with van der Waals surface area (Å²) in [5.41, 5.74) is 10.4. The van der Waals surface area contributed by atoms with Gasteiger partial charge in [-0.25, -0.2) is 4.79 Å². The third-order valence-electron chi connectivity index (χ3n) is 4.36. The van der Waals surface area contributed by atoms with Gasteiger partial charge in [-0.05, 0) is 19.8 Å². The summed E-state index contributed by atoms with van der Waals surface area (Å²) >= 11 is 0. The molecule has 0 heterocycles. The van der Waals surface area contributed by atoms with E-state index in [-0.39, 0.29) is 0 Å². The van der Waals surface area contributed by atoms with E-state index in [2.05, 4.69) is 10.6 Å². The Bertz CT molecular complexity index is 801. The Morgan fingerprint density at radius 2 is 1.24 bits per heavy atom. The van der Waals surface area contributed by atoms with Crippen LogP contribution in [-0.2, 0) is 33.6 Å². The Morgan fingerprint density at radius 1 is 0.765 bits per heavy atom. The van der Waals surface area contributed by atoms with Gasteiger partial charge in [0.25, 0.3) is 0 Å². The van der Waals surface area contributed by atoms with Crippen molar-refractivity contribution in [3.8, 4) is 0 Å². The Labute approximate surface area is 193 Å². The average molecular weight is 491 g/mol. The van der Waals surface area contributed by atoms with Crippen LogP contribution in [0, 0.1) is 0 Å². The molecule has 0 rings (SSSR count). The van der Waals surface area contributed by atoms with Crippen molar-refractivity contribution < 1.29 is 54.0 Å². The number of carboxylic acid groups (broad SMARTS) is 3. The fourth-order valence-electron chi connectivity index (χ4n) is 2.57. The minimum atomic E-state index is -1.69. The van der Waals surface area contributed by atoms with Crippen LogP contribution < -0.4 is 27.4 Å². The van der Waals surface area contributed by atoms with E-state index in [0.29, 0.717) is 0 Å². The molecule has 0 aliphatic rings. The summed E-state index contributed by atoms with van der Waals surface area (Å²) in [5, 5.41) is 42.9. The maximum atomic E-state index is 12.6. The van der Waals surface area contributed by atoms with Crippen LogP contribution >= 0.6 is 0 Å². The molecule has 0 aromatic rings. The molecule has 0 bridgehead atoms. The Kier molecular flexibility index (Phi) is 12.8. The molecule has 5 unspecified atom stereocenters. The summed E-state index contributed by atoms with van der Waals surface area (Å²) in [5.74, 6) is -8.42. The highest BCUT2D eigenvalue weighted by atomic mass is 16.4. The number of carbonyl (C=O) groups is 7. The molecule has 16 heteroatoms. The van der Waals surface area contributed by atoms with Gasteiger partial charge in [0.15, 0.2) is 0 Å². The summed E-state index contributed by atoms with van der Waals surface area (Å²) < 4.78 is 0. The van der Waals surface area contributed by atoms with Gasteiger partial charge in [0, 0.05) is 12.8 Å². The number of nitrogens with two attached hydrogens (primary N) is 2. The fraction of sp³-hybridized carbons (Fsp3) is 0.611. The molecule has 5 atom stereocenters. The lowest BCUT2D eigenvalue weighted by Crippen LogP contribution is -2.60. The molecule has 16 nitrogen and oxygen atoms in total. The predicted octanol–water partition coefficient (Wildman–Crippen LogP) is -4.16. The molecule has 11 N–H and O–H groups in total. The van der Waals surface area contributed by atoms with Gasteiger partial charge < -0.3 is 47.8 Å². The molecule has 0 spiro atoms. The molecule has 0 fully saturated rings. The number of aliphatic hydroxyl groups is 1. The van der Waals surface area contributed by atoms with Crippen LogP contribution in [0.25, 0.3) is 0 Å². The molecule has 0 aliphatic carbocycles. The first kappa shape index (κ1) is 30.2. The number of primary amides is 1. The Morgan fingerprint density at radius 3 is 1.65 bits per heavy atom. The third-order valence-corrected chi connectivity index (χ3v) is 4.36. The largest absolute Gasteiger partial charge is 0.481 e. The van der Waals surface area contributed by atoms with E-state index in [1.165, 1.54) is 0 Å². The number of hydrogen-bond donors (Lipinski definition) is 9.